The average Bonchev–Trinajstić information content (AvgIpc) is 2.39. The van der Waals surface area contributed by atoms with Gasteiger partial charge in [0.05, 0.1) is 0 Å². The molecule has 0 aromatic carbocycles. The van der Waals surface area contributed by atoms with Gasteiger partial charge in [0.15, 0.2) is 0 Å². The molecule has 1 aliphatic rings. The fraction of sp³-hybridized carbons (Fsp3) is 0.462. The lowest BCUT2D eigenvalue weighted by atomic mass is 10.1. The summed E-state index contributed by atoms with van der Waals surface area (Å²) in [5.74, 6) is -0.130. The number of rotatable bonds is 2. The van der Waals surface area contributed by atoms with Crippen molar-refractivity contribution < 1.29 is 4.79 Å². The molecule has 1 N–H and O–H groups in total. The molecule has 18 heavy (non-hydrogen) atoms. The molecular formula is C13H16N4O. The molecule has 5 nitrogen and oxygen atoms in total. The minimum absolute atomic E-state index is 0.130. The minimum atomic E-state index is -0.130. The molecule has 1 unspecified atom stereocenters. The second kappa shape index (κ2) is 5.61. The van der Waals surface area contributed by atoms with Gasteiger partial charge < -0.3 is 10.2 Å². The van der Waals surface area contributed by atoms with Crippen LogP contribution >= 0.6 is 0 Å². The van der Waals surface area contributed by atoms with Crippen molar-refractivity contribution in [2.24, 2.45) is 0 Å². The Morgan fingerprint density at radius 3 is 3.22 bits per heavy atom. The first-order valence-electron chi connectivity index (χ1n) is 6.04. The molecule has 1 amide bonds. The SMILES string of the molecule is CN1CCCC(NC(=O)c2ccnc(C#N)c2)C1. The lowest BCUT2D eigenvalue weighted by molar-refractivity contribution is 0.0912. The summed E-state index contributed by atoms with van der Waals surface area (Å²) < 4.78 is 0. The summed E-state index contributed by atoms with van der Waals surface area (Å²) in [4.78, 5) is 18.1. The van der Waals surface area contributed by atoms with Crippen molar-refractivity contribution in [3.05, 3.63) is 29.6 Å². The third kappa shape index (κ3) is 3.05. The predicted molar refractivity (Wildman–Crippen MR) is 66.9 cm³/mol. The number of nitrogens with zero attached hydrogens (tertiary/aromatic N) is 3. The van der Waals surface area contributed by atoms with Crippen molar-refractivity contribution in [1.29, 1.82) is 5.26 Å². The zero-order valence-corrected chi connectivity index (χ0v) is 10.4. The van der Waals surface area contributed by atoms with Crippen LogP contribution in [-0.2, 0) is 0 Å². The van der Waals surface area contributed by atoms with Crippen LogP contribution in [0.2, 0.25) is 0 Å². The molecule has 0 radical (unpaired) electrons. The molecule has 1 aliphatic heterocycles. The van der Waals surface area contributed by atoms with Gasteiger partial charge in [-0.3, -0.25) is 4.79 Å². The summed E-state index contributed by atoms with van der Waals surface area (Å²) in [6.07, 6.45) is 3.59. The zero-order chi connectivity index (χ0) is 13.0. The van der Waals surface area contributed by atoms with Crippen LogP contribution in [0.25, 0.3) is 0 Å². The molecule has 1 aromatic heterocycles. The Kier molecular flexibility index (Phi) is 3.90. The maximum Gasteiger partial charge on any atom is 0.251 e. The predicted octanol–water partition coefficient (Wildman–Crippen LogP) is 0.777. The van der Waals surface area contributed by atoms with Gasteiger partial charge in [-0.1, -0.05) is 0 Å². The van der Waals surface area contributed by atoms with Crippen LogP contribution in [0.1, 0.15) is 28.9 Å². The molecule has 0 bridgehead atoms. The van der Waals surface area contributed by atoms with E-state index in [2.05, 4.69) is 22.2 Å². The Morgan fingerprint density at radius 1 is 1.67 bits per heavy atom. The molecule has 1 saturated heterocycles. The number of likely N-dealkylation sites (tertiary alicyclic amines) is 1. The number of nitrogens with one attached hydrogen (secondary N) is 1. The molecule has 1 aromatic rings. The second-order valence-electron chi connectivity index (χ2n) is 4.62. The Bertz CT molecular complexity index is 480. The summed E-state index contributed by atoms with van der Waals surface area (Å²) in [6.45, 7) is 1.96. The first-order chi connectivity index (χ1) is 8.69. The van der Waals surface area contributed by atoms with E-state index < -0.39 is 0 Å². The summed E-state index contributed by atoms with van der Waals surface area (Å²) in [7, 11) is 2.05. The topological polar surface area (TPSA) is 69.0 Å². The number of pyridine rings is 1. The highest BCUT2D eigenvalue weighted by Crippen LogP contribution is 2.09. The molecule has 1 fully saturated rings. The fourth-order valence-electron chi connectivity index (χ4n) is 2.19. The van der Waals surface area contributed by atoms with E-state index in [4.69, 9.17) is 5.26 Å². The van der Waals surface area contributed by atoms with Crippen molar-refractivity contribution in [1.82, 2.24) is 15.2 Å². The summed E-state index contributed by atoms with van der Waals surface area (Å²) in [5, 5.41) is 11.7. The van der Waals surface area contributed by atoms with E-state index in [1.54, 1.807) is 6.07 Å². The number of hydrogen-bond acceptors (Lipinski definition) is 4. The van der Waals surface area contributed by atoms with Gasteiger partial charge in [0.25, 0.3) is 5.91 Å². The quantitative estimate of drug-likeness (QED) is 0.834. The maximum absolute atomic E-state index is 12.0. The average molecular weight is 244 g/mol. The van der Waals surface area contributed by atoms with Gasteiger partial charge in [-0.15, -0.1) is 0 Å². The number of carbonyl (C=O) groups excluding carboxylic acids is 1. The van der Waals surface area contributed by atoms with Gasteiger partial charge in [-0.2, -0.15) is 5.26 Å². The van der Waals surface area contributed by atoms with Crippen LogP contribution in [0.3, 0.4) is 0 Å². The minimum Gasteiger partial charge on any atom is -0.348 e. The number of piperidine rings is 1. The number of amides is 1. The summed E-state index contributed by atoms with van der Waals surface area (Å²) in [6, 6.07) is 5.27. The van der Waals surface area contributed by atoms with Gasteiger partial charge in [-0.05, 0) is 38.6 Å². The highest BCUT2D eigenvalue weighted by atomic mass is 16.1. The molecule has 5 heteroatoms. The van der Waals surface area contributed by atoms with E-state index >= 15 is 0 Å². The van der Waals surface area contributed by atoms with Crippen molar-refractivity contribution >= 4 is 5.91 Å². The monoisotopic (exact) mass is 244 g/mol. The highest BCUT2D eigenvalue weighted by molar-refractivity contribution is 5.94. The van der Waals surface area contributed by atoms with Crippen molar-refractivity contribution in [2.45, 2.75) is 18.9 Å². The van der Waals surface area contributed by atoms with Gasteiger partial charge in [-0.25, -0.2) is 4.98 Å². The summed E-state index contributed by atoms with van der Waals surface area (Å²) in [5.41, 5.74) is 0.762. The molecule has 2 heterocycles. The van der Waals surface area contributed by atoms with Crippen molar-refractivity contribution in [2.75, 3.05) is 20.1 Å². The van der Waals surface area contributed by atoms with E-state index in [1.165, 1.54) is 12.3 Å². The smallest absolute Gasteiger partial charge is 0.251 e. The molecule has 1 atom stereocenters. The van der Waals surface area contributed by atoms with E-state index in [0.29, 0.717) is 5.56 Å². The summed E-state index contributed by atoms with van der Waals surface area (Å²) >= 11 is 0. The van der Waals surface area contributed by atoms with E-state index in [9.17, 15) is 4.79 Å². The third-order valence-corrected chi connectivity index (χ3v) is 3.10. The Balaban J connectivity index is 2.01. The van der Waals surface area contributed by atoms with Gasteiger partial charge in [0.2, 0.25) is 0 Å². The largest absolute Gasteiger partial charge is 0.348 e. The van der Waals surface area contributed by atoms with Crippen LogP contribution < -0.4 is 5.32 Å². The lowest BCUT2D eigenvalue weighted by Gasteiger charge is -2.30. The third-order valence-electron chi connectivity index (χ3n) is 3.10. The first-order valence-corrected chi connectivity index (χ1v) is 6.04. The Morgan fingerprint density at radius 2 is 2.50 bits per heavy atom. The number of hydrogen-bond donors (Lipinski definition) is 1. The molecule has 0 aliphatic carbocycles. The van der Waals surface area contributed by atoms with Crippen LogP contribution in [0.4, 0.5) is 0 Å². The Hall–Kier alpha value is -1.93. The standard InChI is InChI=1S/C13H16N4O/c1-17-6-2-3-11(9-17)16-13(18)10-4-5-15-12(7-10)8-14/h4-5,7,11H,2-3,6,9H2,1H3,(H,16,18). The molecule has 2 rings (SSSR count). The molecule has 94 valence electrons. The normalized spacial score (nSPS) is 20.1. The Labute approximate surface area is 106 Å². The molecular weight excluding hydrogens is 228 g/mol. The van der Waals surface area contributed by atoms with E-state index in [1.807, 2.05) is 6.07 Å². The van der Waals surface area contributed by atoms with E-state index in [0.717, 1.165) is 25.9 Å². The van der Waals surface area contributed by atoms with Crippen molar-refractivity contribution in [3.63, 3.8) is 0 Å². The van der Waals surface area contributed by atoms with Gasteiger partial charge in [0.1, 0.15) is 11.8 Å². The lowest BCUT2D eigenvalue weighted by Crippen LogP contribution is -2.46. The van der Waals surface area contributed by atoms with Crippen LogP contribution in [0.15, 0.2) is 18.3 Å². The van der Waals surface area contributed by atoms with Crippen LogP contribution in [-0.4, -0.2) is 42.0 Å². The number of nitriles is 1. The number of carbonyl (C=O) groups is 1. The molecule has 0 spiro atoms. The van der Waals surface area contributed by atoms with Gasteiger partial charge in [0, 0.05) is 24.3 Å². The number of likely N-dealkylation sites (N-methyl/N-ethyl adjacent to an activating group) is 1. The van der Waals surface area contributed by atoms with Crippen molar-refractivity contribution in [3.8, 4) is 6.07 Å². The second-order valence-corrected chi connectivity index (χ2v) is 4.62. The van der Waals surface area contributed by atoms with E-state index in [-0.39, 0.29) is 17.6 Å². The van der Waals surface area contributed by atoms with Crippen LogP contribution in [0, 0.1) is 11.3 Å². The highest BCUT2D eigenvalue weighted by Gasteiger charge is 2.19. The first kappa shape index (κ1) is 12.5. The number of aromatic nitrogens is 1. The zero-order valence-electron chi connectivity index (χ0n) is 10.4. The molecule has 0 saturated carbocycles. The maximum atomic E-state index is 12.0. The van der Waals surface area contributed by atoms with Gasteiger partial charge >= 0.3 is 0 Å². The van der Waals surface area contributed by atoms with Crippen LogP contribution in [0.5, 0.6) is 0 Å². The fourth-order valence-corrected chi connectivity index (χ4v) is 2.19.